The average Bonchev–Trinajstić information content (AvgIpc) is 3.33. The van der Waals surface area contributed by atoms with Gasteiger partial charge in [-0.3, -0.25) is 4.79 Å². The number of aryl methyl sites for hydroxylation is 1. The number of anilines is 1. The molecule has 0 saturated heterocycles. The van der Waals surface area contributed by atoms with Crippen LogP contribution in [0, 0.1) is 5.92 Å². The van der Waals surface area contributed by atoms with Crippen molar-refractivity contribution in [1.82, 2.24) is 0 Å². The molecule has 1 aliphatic heterocycles. The summed E-state index contributed by atoms with van der Waals surface area (Å²) in [5, 5.41) is 23.9. The van der Waals surface area contributed by atoms with E-state index >= 15 is 0 Å². The van der Waals surface area contributed by atoms with E-state index < -0.39 is 12.2 Å². The van der Waals surface area contributed by atoms with Crippen LogP contribution in [0.15, 0.2) is 60.7 Å². The van der Waals surface area contributed by atoms with Crippen LogP contribution in [0.3, 0.4) is 0 Å². The maximum absolute atomic E-state index is 12.3. The van der Waals surface area contributed by atoms with E-state index in [1.54, 1.807) is 0 Å². The Balaban J connectivity index is 1.36. The van der Waals surface area contributed by atoms with Gasteiger partial charge in [-0.1, -0.05) is 74.7 Å². The minimum atomic E-state index is -0.465. The number of aliphatic hydroxyl groups excluding tert-OH is 2. The summed E-state index contributed by atoms with van der Waals surface area (Å²) in [6, 6.07) is 15.7. The van der Waals surface area contributed by atoms with Gasteiger partial charge < -0.3 is 20.3 Å². The Bertz CT molecular complexity index is 973. The van der Waals surface area contributed by atoms with Crippen molar-refractivity contribution in [2.24, 2.45) is 5.92 Å². The monoisotopic (exact) mass is 463 g/mol. The first-order valence-electron chi connectivity index (χ1n) is 12.7. The van der Waals surface area contributed by atoms with Crippen LogP contribution in [0.5, 0.6) is 5.75 Å². The van der Waals surface area contributed by atoms with Gasteiger partial charge in [0.1, 0.15) is 11.9 Å². The summed E-state index contributed by atoms with van der Waals surface area (Å²) in [6.07, 6.45) is 9.48. The summed E-state index contributed by atoms with van der Waals surface area (Å²) in [4.78, 5) is 12.3. The number of ether oxygens (including phenoxy) is 1. The molecule has 182 valence electrons. The van der Waals surface area contributed by atoms with Crippen molar-refractivity contribution >= 4 is 11.6 Å². The first-order valence-corrected chi connectivity index (χ1v) is 12.7. The van der Waals surface area contributed by atoms with Crippen molar-refractivity contribution in [2.75, 3.05) is 5.32 Å². The highest BCUT2D eigenvalue weighted by Gasteiger charge is 2.48. The van der Waals surface area contributed by atoms with Crippen LogP contribution in [0.1, 0.15) is 68.9 Å². The lowest BCUT2D eigenvalue weighted by molar-refractivity contribution is -0.116. The molecular weight excluding hydrogens is 426 g/mol. The number of fused-ring (bicyclic) bond motifs is 3. The molecule has 1 aliphatic carbocycles. The zero-order valence-electron chi connectivity index (χ0n) is 20.0. The summed E-state index contributed by atoms with van der Waals surface area (Å²) in [6.45, 7) is 2.16. The number of hydrogen-bond donors (Lipinski definition) is 3. The lowest BCUT2D eigenvalue weighted by atomic mass is 9.86. The Hall–Kier alpha value is -2.63. The Kier molecular flexibility index (Phi) is 8.41. The highest BCUT2D eigenvalue weighted by Crippen LogP contribution is 2.52. The van der Waals surface area contributed by atoms with E-state index in [-0.39, 0.29) is 23.8 Å². The summed E-state index contributed by atoms with van der Waals surface area (Å²) in [5.74, 6) is 0.988. The summed E-state index contributed by atoms with van der Waals surface area (Å²) in [5.41, 5.74) is 3.08. The molecule has 3 N–H and O–H groups in total. The van der Waals surface area contributed by atoms with Crippen molar-refractivity contribution < 1.29 is 19.7 Å². The number of amides is 1. The molecule has 2 aromatic carbocycles. The van der Waals surface area contributed by atoms with Gasteiger partial charge in [-0.25, -0.2) is 0 Å². The molecule has 5 nitrogen and oxygen atoms in total. The predicted molar refractivity (Wildman–Crippen MR) is 135 cm³/mol. The molecule has 5 heteroatoms. The number of aliphatic hydroxyl groups is 2. The molecule has 0 aromatic heterocycles. The normalized spacial score (nSPS) is 24.0. The smallest absolute Gasteiger partial charge is 0.224 e. The maximum atomic E-state index is 12.3. The van der Waals surface area contributed by atoms with Gasteiger partial charge in [0.2, 0.25) is 5.91 Å². The van der Waals surface area contributed by atoms with Gasteiger partial charge >= 0.3 is 0 Å². The van der Waals surface area contributed by atoms with Crippen LogP contribution in [0.4, 0.5) is 5.69 Å². The van der Waals surface area contributed by atoms with Gasteiger partial charge in [0.15, 0.2) is 0 Å². The minimum Gasteiger partial charge on any atom is -0.489 e. The molecule has 34 heavy (non-hydrogen) atoms. The van der Waals surface area contributed by atoms with E-state index in [4.69, 9.17) is 4.74 Å². The van der Waals surface area contributed by atoms with Gasteiger partial charge in [0, 0.05) is 35.9 Å². The standard InChI is InChI=1S/C29H37NO4/c1-2-3-5-14-22(31)17-18-23-25(32)19-26-28(23)24-15-8-10-20(29(24)34-26)11-9-16-27(33)30-21-12-6-4-7-13-21/h4,6-8,10,12-13,15,17-18,22-23,25-26,28,31-32H,2-3,5,9,11,14,16,19H2,1H3,(H,30,33)/t22-,23-,25+,26-,28-/m0/s1. The van der Waals surface area contributed by atoms with E-state index in [2.05, 4.69) is 30.4 Å². The highest BCUT2D eigenvalue weighted by atomic mass is 16.5. The molecule has 0 unspecified atom stereocenters. The summed E-state index contributed by atoms with van der Waals surface area (Å²) in [7, 11) is 0. The largest absolute Gasteiger partial charge is 0.489 e. The molecule has 5 atom stereocenters. The first kappa shape index (κ1) is 24.5. The second-order valence-electron chi connectivity index (χ2n) is 9.61. The van der Waals surface area contributed by atoms with Gasteiger partial charge in [-0.15, -0.1) is 0 Å². The van der Waals surface area contributed by atoms with Crippen molar-refractivity contribution in [2.45, 2.75) is 82.5 Å². The highest BCUT2D eigenvalue weighted by molar-refractivity contribution is 5.90. The van der Waals surface area contributed by atoms with E-state index in [0.29, 0.717) is 12.8 Å². The molecule has 0 spiro atoms. The third kappa shape index (κ3) is 5.89. The van der Waals surface area contributed by atoms with Crippen molar-refractivity contribution in [1.29, 1.82) is 0 Å². The van der Waals surface area contributed by atoms with Crippen LogP contribution < -0.4 is 10.1 Å². The number of benzene rings is 2. The fraction of sp³-hybridized carbons (Fsp3) is 0.483. The van der Waals surface area contributed by atoms with Crippen molar-refractivity contribution in [3.05, 3.63) is 71.8 Å². The van der Waals surface area contributed by atoms with Gasteiger partial charge in [-0.05, 0) is 37.0 Å². The molecular formula is C29H37NO4. The Labute approximate surface area is 202 Å². The predicted octanol–water partition coefficient (Wildman–Crippen LogP) is 5.37. The quantitative estimate of drug-likeness (QED) is 0.309. The topological polar surface area (TPSA) is 78.8 Å². The summed E-state index contributed by atoms with van der Waals surface area (Å²) >= 11 is 0. The fourth-order valence-electron chi connectivity index (χ4n) is 5.31. The van der Waals surface area contributed by atoms with E-state index in [1.165, 1.54) is 0 Å². The Morgan fingerprint density at radius 3 is 2.76 bits per heavy atom. The molecule has 1 amide bonds. The first-order chi connectivity index (χ1) is 16.6. The minimum absolute atomic E-state index is 0.0161. The SMILES string of the molecule is CCCCC[C@H](O)C=C[C@@H]1[C@H]2c3cccc(CCCC(=O)Nc4ccccc4)c3O[C@H]2C[C@H]1O. The number of unbranched alkanes of at least 4 members (excludes halogenated alkanes) is 2. The lowest BCUT2D eigenvalue weighted by Crippen LogP contribution is -2.17. The number of para-hydroxylation sites is 2. The van der Waals surface area contributed by atoms with Gasteiger partial charge in [0.25, 0.3) is 0 Å². The molecule has 0 radical (unpaired) electrons. The van der Waals surface area contributed by atoms with Gasteiger partial charge in [-0.2, -0.15) is 0 Å². The molecule has 4 rings (SSSR count). The second kappa shape index (κ2) is 11.7. The molecule has 0 bridgehead atoms. The van der Waals surface area contributed by atoms with Crippen LogP contribution in [0.25, 0.3) is 0 Å². The van der Waals surface area contributed by atoms with Crippen LogP contribution in [-0.4, -0.2) is 34.4 Å². The zero-order valence-corrected chi connectivity index (χ0v) is 20.0. The molecule has 2 aliphatic rings. The molecule has 1 saturated carbocycles. The van der Waals surface area contributed by atoms with Crippen LogP contribution in [-0.2, 0) is 11.2 Å². The van der Waals surface area contributed by atoms with E-state index in [1.807, 2.05) is 42.5 Å². The number of hydrogen-bond acceptors (Lipinski definition) is 4. The maximum Gasteiger partial charge on any atom is 0.224 e. The average molecular weight is 464 g/mol. The fourth-order valence-corrected chi connectivity index (χ4v) is 5.31. The van der Waals surface area contributed by atoms with Crippen molar-refractivity contribution in [3.8, 4) is 5.75 Å². The van der Waals surface area contributed by atoms with Crippen molar-refractivity contribution in [3.63, 3.8) is 0 Å². The van der Waals surface area contributed by atoms with Crippen LogP contribution >= 0.6 is 0 Å². The van der Waals surface area contributed by atoms with E-state index in [9.17, 15) is 15.0 Å². The molecule has 1 heterocycles. The summed E-state index contributed by atoms with van der Waals surface area (Å²) < 4.78 is 6.35. The number of rotatable bonds is 11. The van der Waals surface area contributed by atoms with Crippen LogP contribution in [0.2, 0.25) is 0 Å². The number of carbonyl (C=O) groups excluding carboxylic acids is 1. The Morgan fingerprint density at radius 1 is 1.15 bits per heavy atom. The second-order valence-corrected chi connectivity index (χ2v) is 9.61. The zero-order chi connectivity index (χ0) is 23.9. The molecule has 1 fully saturated rings. The number of nitrogens with one attached hydrogen (secondary N) is 1. The Morgan fingerprint density at radius 2 is 1.97 bits per heavy atom. The third-order valence-electron chi connectivity index (χ3n) is 7.06. The molecule has 2 aromatic rings. The lowest BCUT2D eigenvalue weighted by Gasteiger charge is -2.18. The van der Waals surface area contributed by atoms with E-state index in [0.717, 1.165) is 61.1 Å². The third-order valence-corrected chi connectivity index (χ3v) is 7.06. The number of carbonyl (C=O) groups is 1. The van der Waals surface area contributed by atoms with Gasteiger partial charge in [0.05, 0.1) is 12.2 Å².